The van der Waals surface area contributed by atoms with E-state index in [1.54, 1.807) is 0 Å². The van der Waals surface area contributed by atoms with E-state index in [1.165, 1.54) is 193 Å². The largest absolute Gasteiger partial charge is 0.356 e. The van der Waals surface area contributed by atoms with Crippen LogP contribution in [-0.4, -0.2) is 0 Å². The van der Waals surface area contributed by atoms with Crippen LogP contribution in [0.15, 0.2) is 259 Å². The third kappa shape index (κ3) is 14.3. The maximum Gasteiger partial charge on any atom is 0.0465 e. The summed E-state index contributed by atoms with van der Waals surface area (Å²) in [5.74, 6) is 0. The number of hydrogen-bond donors (Lipinski definition) is 1. The van der Waals surface area contributed by atoms with E-state index in [9.17, 15) is 0 Å². The summed E-state index contributed by atoms with van der Waals surface area (Å²) in [6.07, 6.45) is 0. The molecular weight excluding hydrogens is 1450 g/mol. The van der Waals surface area contributed by atoms with Gasteiger partial charge in [0.2, 0.25) is 0 Å². The van der Waals surface area contributed by atoms with Gasteiger partial charge in [0.1, 0.15) is 0 Å². The maximum atomic E-state index is 3.69. The van der Waals surface area contributed by atoms with Crippen LogP contribution in [0.25, 0.3) is 109 Å². The molecule has 2 aliphatic carbocycles. The highest BCUT2D eigenvalue weighted by atomic mass is 79.9. The fraction of sp³-hybridized carbons (Fsp3) is 0.286. The van der Waals surface area contributed by atoms with Gasteiger partial charge < -0.3 is 10.2 Å². The highest BCUT2D eigenvalue weighted by Gasteiger charge is 2.39. The molecule has 580 valence electrons. The van der Waals surface area contributed by atoms with Crippen LogP contribution in [0.2, 0.25) is 0 Å². The first-order valence-electron chi connectivity index (χ1n) is 41.7. The number of fused-ring (bicyclic) bond motifs is 6. The molecule has 1 N–H and O–H groups in total. The minimum atomic E-state index is -0.184. The summed E-state index contributed by atoms with van der Waals surface area (Å²) >= 11 is 3.69. The van der Waals surface area contributed by atoms with Crippen molar-refractivity contribution in [2.24, 2.45) is 0 Å². The van der Waals surface area contributed by atoms with Crippen LogP contribution in [0.1, 0.15) is 219 Å². The van der Waals surface area contributed by atoms with Gasteiger partial charge in [0.25, 0.3) is 0 Å². The summed E-state index contributed by atoms with van der Waals surface area (Å²) in [7, 11) is 0. The van der Waals surface area contributed by atoms with Crippen molar-refractivity contribution in [2.45, 2.75) is 209 Å². The summed E-state index contributed by atoms with van der Waals surface area (Å²) in [6.45, 7) is 55.0. The lowest BCUT2D eigenvalue weighted by atomic mass is 9.80. The fourth-order valence-electron chi connectivity index (χ4n) is 18.4. The monoisotopic (exact) mass is 1570 g/mol. The molecule has 0 spiro atoms. The van der Waals surface area contributed by atoms with Crippen LogP contribution in [0.4, 0.5) is 28.4 Å². The third-order valence-corrected chi connectivity index (χ3v) is 26.0. The summed E-state index contributed by atoms with van der Waals surface area (Å²) in [4.78, 5) is 2.43. The van der Waals surface area contributed by atoms with Gasteiger partial charge in [-0.2, -0.15) is 0 Å². The molecule has 0 aliphatic heterocycles. The molecule has 3 heteroatoms. The second kappa shape index (κ2) is 28.0. The number of rotatable bonds is 7. The molecule has 0 bridgehead atoms. The smallest absolute Gasteiger partial charge is 0.0465 e. The topological polar surface area (TPSA) is 15.3 Å². The molecule has 0 saturated heterocycles. The van der Waals surface area contributed by atoms with Crippen LogP contribution in [-0.2, 0) is 43.3 Å². The molecule has 0 fully saturated rings. The average Bonchev–Trinajstić information content (AvgIpc) is 1.72. The molecule has 16 aromatic rings. The molecule has 115 heavy (non-hydrogen) atoms. The molecule has 2 aliphatic rings. The Morgan fingerprint density at radius 1 is 0.252 bits per heavy atom. The normalized spacial score (nSPS) is 13.9. The van der Waals surface area contributed by atoms with Crippen molar-refractivity contribution in [2.75, 3.05) is 10.2 Å². The van der Waals surface area contributed by atoms with Crippen molar-refractivity contribution in [1.82, 2.24) is 0 Å². The quantitative estimate of drug-likeness (QED) is 0.160. The van der Waals surface area contributed by atoms with Gasteiger partial charge in [0, 0.05) is 43.7 Å². The van der Waals surface area contributed by atoms with Crippen LogP contribution in [0.3, 0.4) is 0 Å². The van der Waals surface area contributed by atoms with Crippen LogP contribution in [0.5, 0.6) is 0 Å². The number of aryl methyl sites for hydroxylation is 2. The number of nitrogens with one attached hydrogen (secondary N) is 1. The van der Waals surface area contributed by atoms with E-state index in [1.807, 2.05) is 0 Å². The minimum Gasteiger partial charge on any atom is -0.356 e. The first kappa shape index (κ1) is 78.6. The van der Waals surface area contributed by atoms with Crippen molar-refractivity contribution < 1.29 is 0 Å². The Balaban J connectivity index is 0.000000146. The highest BCUT2D eigenvalue weighted by Crippen LogP contribution is 2.55. The zero-order chi connectivity index (χ0) is 81.9. The van der Waals surface area contributed by atoms with E-state index in [2.05, 4.69) is 447 Å². The van der Waals surface area contributed by atoms with Gasteiger partial charge in [-0.3, -0.25) is 0 Å². The maximum absolute atomic E-state index is 3.69. The average molecular weight is 1570 g/mol. The van der Waals surface area contributed by atoms with Gasteiger partial charge in [0.05, 0.1) is 0 Å². The van der Waals surface area contributed by atoms with E-state index in [0.717, 1.165) is 15.8 Å². The molecule has 0 amide bonds. The standard InChI is InChI=1S/C56H57N.C36H31Br.C20H27N/c1-34-29-48(47-27-15-37-31-40(55(8,9)10)30-36-14-25-44(34)52(47)51(36)37)35-13-26-45-46-28-24-43(33-50(46)56(11,12)49(45)32-35)57(41-20-16-38(17-21-41)53(2,3)4)42-22-18-39(19-23-42)54(5,6)7;1-20-15-30(21-7-12-27-28-14-10-25(37)19-32(28)36(5,6)31(27)18-21)29-13-9-23-17-24(35(2,3)4)16-22-8-11-26(20)34(29)33(22)23;1-19(2,3)15-7-11-17(12-8-15)21-18-13-9-16(10-14-18)20(4,5)6/h13-33H,1-12H3;7-19H,1-6H3;7-14,21H,1-6H3. The zero-order valence-electron chi connectivity index (χ0n) is 72.6. The Morgan fingerprint density at radius 3 is 0.878 bits per heavy atom. The number of halogens is 1. The molecule has 2 nitrogen and oxygen atoms in total. The molecular formula is C112H115BrN2. The van der Waals surface area contributed by atoms with Crippen molar-refractivity contribution >= 4 is 109 Å². The number of benzene rings is 16. The van der Waals surface area contributed by atoms with Gasteiger partial charge in [-0.25, -0.2) is 0 Å². The van der Waals surface area contributed by atoms with E-state index in [-0.39, 0.29) is 43.3 Å². The Morgan fingerprint density at radius 2 is 0.539 bits per heavy atom. The van der Waals surface area contributed by atoms with Crippen LogP contribution in [0, 0.1) is 13.8 Å². The number of nitrogens with zero attached hydrogens (tertiary/aromatic N) is 1. The Kier molecular flexibility index (Phi) is 19.1. The van der Waals surface area contributed by atoms with Crippen molar-refractivity contribution in [3.8, 4) is 44.5 Å². The summed E-state index contributed by atoms with van der Waals surface area (Å²) < 4.78 is 1.14. The lowest BCUT2D eigenvalue weighted by molar-refractivity contribution is 0.590. The van der Waals surface area contributed by atoms with E-state index < -0.39 is 0 Å². The van der Waals surface area contributed by atoms with Gasteiger partial charge in [-0.05, 0) is 307 Å². The molecule has 18 rings (SSSR count). The number of anilines is 5. The molecule has 0 saturated carbocycles. The Hall–Kier alpha value is -10.3. The Labute approximate surface area is 694 Å². The van der Waals surface area contributed by atoms with Gasteiger partial charge in [0.15, 0.2) is 0 Å². The van der Waals surface area contributed by atoms with Crippen LogP contribution < -0.4 is 10.2 Å². The minimum absolute atomic E-state index is 0.0351. The molecule has 16 aromatic carbocycles. The van der Waals surface area contributed by atoms with Crippen molar-refractivity contribution in [1.29, 1.82) is 0 Å². The van der Waals surface area contributed by atoms with Crippen LogP contribution >= 0.6 is 15.9 Å². The third-order valence-electron chi connectivity index (χ3n) is 25.5. The lowest BCUT2D eigenvalue weighted by Crippen LogP contribution is -2.17. The molecule has 0 radical (unpaired) electrons. The molecule has 0 unspecified atom stereocenters. The molecule has 0 heterocycles. The summed E-state index contributed by atoms with van der Waals surface area (Å²) in [6, 6.07) is 97.2. The lowest BCUT2D eigenvalue weighted by Gasteiger charge is -2.29. The SMILES string of the molecule is CC(C)(C)c1ccc(Nc2ccc(C(C)(C)C)cc2)cc1.Cc1cc(-c2ccc3c(c2)C(C)(C)c2cc(Br)ccc2-3)c2ccc3cc(C(C)(C)C)cc4ccc1c2c43.Cc1cc(-c2ccc3c(c2)C(C)(C)c2cc(N(c4ccc(C(C)(C)C)cc4)c4ccc(C(C)(C)C)cc4)ccc2-3)c2ccc3cc(C(C)(C)C)cc4ccc1c2c43. The summed E-state index contributed by atoms with van der Waals surface area (Å²) in [5.41, 5.74) is 33.4. The first-order valence-corrected chi connectivity index (χ1v) is 42.5. The highest BCUT2D eigenvalue weighted by molar-refractivity contribution is 9.10. The van der Waals surface area contributed by atoms with E-state index in [4.69, 9.17) is 0 Å². The van der Waals surface area contributed by atoms with Gasteiger partial charge >= 0.3 is 0 Å². The van der Waals surface area contributed by atoms with E-state index in [0.29, 0.717) is 0 Å². The molecule has 0 aromatic heterocycles. The second-order valence-corrected chi connectivity index (χ2v) is 41.6. The van der Waals surface area contributed by atoms with E-state index >= 15 is 0 Å². The predicted molar refractivity (Wildman–Crippen MR) is 507 cm³/mol. The fourth-order valence-corrected chi connectivity index (χ4v) is 18.7. The van der Waals surface area contributed by atoms with Gasteiger partial charge in [-0.15, -0.1) is 0 Å². The molecule has 0 atom stereocenters. The number of hydrogen-bond acceptors (Lipinski definition) is 2. The van der Waals surface area contributed by atoms with Crippen molar-refractivity contribution in [3.63, 3.8) is 0 Å². The first-order chi connectivity index (χ1) is 54.0. The van der Waals surface area contributed by atoms with Crippen molar-refractivity contribution in [3.05, 3.63) is 326 Å². The summed E-state index contributed by atoms with van der Waals surface area (Å²) in [5, 5.41) is 19.8. The predicted octanol–water partition coefficient (Wildman–Crippen LogP) is 33.2. The zero-order valence-corrected chi connectivity index (χ0v) is 74.2. The Bertz CT molecular complexity index is 6300. The van der Waals surface area contributed by atoms with Gasteiger partial charge in [-0.1, -0.05) is 338 Å². The second-order valence-electron chi connectivity index (χ2n) is 40.7.